The Bertz CT molecular complexity index is 1170. The first-order valence-corrected chi connectivity index (χ1v) is 8.56. The number of non-ortho nitro benzene ring substituents is 1. The van der Waals surface area contributed by atoms with Gasteiger partial charge in [-0.2, -0.15) is 0 Å². The second-order valence-corrected chi connectivity index (χ2v) is 6.55. The van der Waals surface area contributed by atoms with Crippen LogP contribution in [0.15, 0.2) is 44.2 Å². The van der Waals surface area contributed by atoms with Crippen molar-refractivity contribution in [2.24, 2.45) is 19.3 Å². The van der Waals surface area contributed by atoms with E-state index in [4.69, 9.17) is 0 Å². The van der Waals surface area contributed by atoms with E-state index in [1.54, 1.807) is 0 Å². The van der Waals surface area contributed by atoms with Crippen LogP contribution in [0.3, 0.4) is 0 Å². The van der Waals surface area contributed by atoms with E-state index in [1.807, 2.05) is 0 Å². The molecule has 11 nitrogen and oxygen atoms in total. The van der Waals surface area contributed by atoms with E-state index in [0.717, 1.165) is 16.3 Å². The third-order valence-electron chi connectivity index (χ3n) is 3.95. The summed E-state index contributed by atoms with van der Waals surface area (Å²) in [6, 6.07) is 5.58. The smallest absolute Gasteiger partial charge is 0.332 e. The molecule has 0 spiro atoms. The fourth-order valence-corrected chi connectivity index (χ4v) is 3.28. The van der Waals surface area contributed by atoms with E-state index in [-0.39, 0.29) is 28.3 Å². The second kappa shape index (κ2) is 7.07. The highest BCUT2D eigenvalue weighted by molar-refractivity contribution is 7.99. The molecule has 27 heavy (non-hydrogen) atoms. The van der Waals surface area contributed by atoms with Gasteiger partial charge >= 0.3 is 5.69 Å². The number of nitrogens with one attached hydrogen (secondary N) is 1. The van der Waals surface area contributed by atoms with Crippen molar-refractivity contribution in [2.75, 3.05) is 5.75 Å². The molecule has 12 heteroatoms. The first kappa shape index (κ1) is 18.4. The Kier molecular flexibility index (Phi) is 4.81. The average molecular weight is 390 g/mol. The molecule has 0 saturated heterocycles. The zero-order valence-electron chi connectivity index (χ0n) is 14.2. The van der Waals surface area contributed by atoms with Gasteiger partial charge in [0.25, 0.3) is 11.2 Å². The van der Waals surface area contributed by atoms with E-state index in [0.29, 0.717) is 10.7 Å². The van der Waals surface area contributed by atoms with Gasteiger partial charge in [0.2, 0.25) is 0 Å². The van der Waals surface area contributed by atoms with Gasteiger partial charge in [0.1, 0.15) is 0 Å². The summed E-state index contributed by atoms with van der Waals surface area (Å²) in [6.07, 6.45) is 0. The highest BCUT2D eigenvalue weighted by atomic mass is 32.2. The van der Waals surface area contributed by atoms with Gasteiger partial charge in [-0.1, -0.05) is 16.9 Å². The molecule has 0 bridgehead atoms. The normalized spacial score (nSPS) is 11.9. The molecule has 2 N–H and O–H groups in total. The molecule has 0 aliphatic heterocycles. The van der Waals surface area contributed by atoms with E-state index in [1.165, 1.54) is 42.9 Å². The van der Waals surface area contributed by atoms with Gasteiger partial charge in [-0.15, -0.1) is 0 Å². The lowest BCUT2D eigenvalue weighted by Gasteiger charge is -2.03. The number of aryl methyl sites for hydroxylation is 1. The van der Waals surface area contributed by atoms with E-state index < -0.39 is 16.2 Å². The molecule has 1 aromatic carbocycles. The van der Waals surface area contributed by atoms with Crippen LogP contribution in [0, 0.1) is 10.1 Å². The average Bonchev–Trinajstić information content (AvgIpc) is 3.10. The molecule has 0 aliphatic carbocycles. The molecule has 2 heterocycles. The number of fused-ring (bicyclic) bond motifs is 1. The van der Waals surface area contributed by atoms with Crippen molar-refractivity contribution >= 4 is 34.3 Å². The fraction of sp³-hybridized carbons (Fsp3) is 0.200. The molecule has 3 aromatic rings. The Balaban J connectivity index is 1.86. The molecule has 2 aromatic heterocycles. The van der Waals surface area contributed by atoms with Crippen LogP contribution in [-0.2, 0) is 14.1 Å². The molecule has 0 amide bonds. The van der Waals surface area contributed by atoms with Crippen LogP contribution in [0.1, 0.15) is 5.56 Å². The number of nitro groups is 1. The van der Waals surface area contributed by atoms with Crippen LogP contribution < -0.4 is 11.2 Å². The first-order valence-electron chi connectivity index (χ1n) is 7.57. The number of benzene rings is 1. The minimum atomic E-state index is -0.520. The number of H-pyrrole nitrogens is 1. The standard InChI is InChI=1S/C15H14N6O5S/c1-19-12-11(13(22)20(2)15(19)23)16-14(17-12)27-7-10(18-24)8-3-5-9(6-4-8)21(25)26/h3-6,24H,7H2,1-2H3,(H,16,17)/b18-10-. The van der Waals surface area contributed by atoms with Crippen LogP contribution in [0.4, 0.5) is 5.69 Å². The van der Waals surface area contributed by atoms with Crippen LogP contribution in [-0.4, -0.2) is 40.7 Å². The maximum absolute atomic E-state index is 12.2. The highest BCUT2D eigenvalue weighted by Gasteiger charge is 2.15. The summed E-state index contributed by atoms with van der Waals surface area (Å²) in [5, 5.41) is 23.6. The number of aromatic amines is 1. The van der Waals surface area contributed by atoms with Crippen molar-refractivity contribution in [2.45, 2.75) is 5.16 Å². The lowest BCUT2D eigenvalue weighted by molar-refractivity contribution is -0.384. The van der Waals surface area contributed by atoms with Gasteiger partial charge < -0.3 is 10.2 Å². The lowest BCUT2D eigenvalue weighted by Crippen LogP contribution is -2.36. The monoisotopic (exact) mass is 390 g/mol. The summed E-state index contributed by atoms with van der Waals surface area (Å²) in [5.41, 5.74) is 0.158. The number of nitro benzene ring substituents is 1. The lowest BCUT2D eigenvalue weighted by atomic mass is 10.1. The quantitative estimate of drug-likeness (QED) is 0.215. The molecule has 0 atom stereocenters. The Morgan fingerprint density at radius 3 is 2.56 bits per heavy atom. The number of hydrogen-bond donors (Lipinski definition) is 2. The summed E-state index contributed by atoms with van der Waals surface area (Å²) in [7, 11) is 2.89. The van der Waals surface area contributed by atoms with Gasteiger partial charge in [-0.25, -0.2) is 9.78 Å². The predicted molar refractivity (Wildman–Crippen MR) is 98.7 cm³/mol. The van der Waals surface area contributed by atoms with Crippen LogP contribution in [0.2, 0.25) is 0 Å². The largest absolute Gasteiger partial charge is 0.411 e. The summed E-state index contributed by atoms with van der Waals surface area (Å²) >= 11 is 1.16. The minimum absolute atomic E-state index is 0.0715. The number of hydrogen-bond acceptors (Lipinski definition) is 8. The molecule has 0 aliphatic rings. The third kappa shape index (κ3) is 3.33. The van der Waals surface area contributed by atoms with Gasteiger partial charge in [0, 0.05) is 37.5 Å². The first-order chi connectivity index (χ1) is 12.8. The van der Waals surface area contributed by atoms with E-state index in [2.05, 4.69) is 15.1 Å². The number of nitrogens with zero attached hydrogens (tertiary/aromatic N) is 5. The summed E-state index contributed by atoms with van der Waals surface area (Å²) in [6.45, 7) is 0. The fourth-order valence-electron chi connectivity index (χ4n) is 2.46. The molecule has 0 fully saturated rings. The van der Waals surface area contributed by atoms with Crippen LogP contribution in [0.5, 0.6) is 0 Å². The maximum Gasteiger partial charge on any atom is 0.332 e. The van der Waals surface area contributed by atoms with Crippen molar-refractivity contribution in [1.29, 1.82) is 0 Å². The van der Waals surface area contributed by atoms with Crippen LogP contribution in [0.25, 0.3) is 11.2 Å². The summed E-state index contributed by atoms with van der Waals surface area (Å²) < 4.78 is 2.24. The Morgan fingerprint density at radius 1 is 1.30 bits per heavy atom. The molecule has 0 saturated carbocycles. The van der Waals surface area contributed by atoms with Crippen molar-refractivity contribution in [1.82, 2.24) is 19.1 Å². The SMILES string of the molecule is Cn1c(=O)c2[nH]c(SC/C(=N/O)c3ccc([N+](=O)[O-])cc3)nc2n(C)c1=O. The minimum Gasteiger partial charge on any atom is -0.411 e. The topological polar surface area (TPSA) is 148 Å². The Labute approximate surface area is 155 Å². The number of imidazole rings is 1. The number of aromatic nitrogens is 4. The third-order valence-corrected chi connectivity index (χ3v) is 4.84. The number of rotatable bonds is 5. The molecule has 3 rings (SSSR count). The molecular weight excluding hydrogens is 376 g/mol. The van der Waals surface area contributed by atoms with Crippen LogP contribution >= 0.6 is 11.8 Å². The van der Waals surface area contributed by atoms with Gasteiger partial charge in [0.15, 0.2) is 16.3 Å². The number of oxime groups is 1. The second-order valence-electron chi connectivity index (χ2n) is 5.59. The van der Waals surface area contributed by atoms with Crippen molar-refractivity contribution < 1.29 is 10.1 Å². The maximum atomic E-state index is 12.2. The molecule has 140 valence electrons. The number of thioether (sulfide) groups is 1. The van der Waals surface area contributed by atoms with Crippen molar-refractivity contribution in [3.63, 3.8) is 0 Å². The molecule has 0 radical (unpaired) electrons. The summed E-state index contributed by atoms with van der Waals surface area (Å²) in [4.78, 5) is 41.4. The predicted octanol–water partition coefficient (Wildman–Crippen LogP) is 0.839. The molecular formula is C15H14N6O5S. The van der Waals surface area contributed by atoms with E-state index >= 15 is 0 Å². The van der Waals surface area contributed by atoms with Gasteiger partial charge in [-0.05, 0) is 12.1 Å². The van der Waals surface area contributed by atoms with Crippen molar-refractivity contribution in [3.8, 4) is 0 Å². The Hall–Kier alpha value is -3.41. The highest BCUT2D eigenvalue weighted by Crippen LogP contribution is 2.20. The van der Waals surface area contributed by atoms with Gasteiger partial charge in [0.05, 0.1) is 10.6 Å². The summed E-state index contributed by atoms with van der Waals surface area (Å²) in [5.74, 6) is 0.183. The Morgan fingerprint density at radius 2 is 1.96 bits per heavy atom. The van der Waals surface area contributed by atoms with Crippen molar-refractivity contribution in [3.05, 3.63) is 60.8 Å². The zero-order chi connectivity index (χ0) is 19.7. The van der Waals surface area contributed by atoms with E-state index in [9.17, 15) is 24.9 Å². The zero-order valence-corrected chi connectivity index (χ0v) is 15.1. The van der Waals surface area contributed by atoms with Gasteiger partial charge in [-0.3, -0.25) is 24.0 Å². The molecule has 0 unspecified atom stereocenters.